The van der Waals surface area contributed by atoms with E-state index in [2.05, 4.69) is 5.16 Å². The number of hydrogen-bond acceptors (Lipinski definition) is 6. The van der Waals surface area contributed by atoms with Gasteiger partial charge in [-0.1, -0.05) is 17.3 Å². The average molecular weight is 368 g/mol. The molecule has 0 spiro atoms. The summed E-state index contributed by atoms with van der Waals surface area (Å²) in [6, 6.07) is 7.93. The highest BCUT2D eigenvalue weighted by atomic mass is 16.5. The van der Waals surface area contributed by atoms with E-state index in [1.54, 1.807) is 31.2 Å². The van der Waals surface area contributed by atoms with Gasteiger partial charge in [-0.25, -0.2) is 10.0 Å². The Bertz CT molecular complexity index is 931. The van der Waals surface area contributed by atoms with Crippen LogP contribution in [0.4, 0.5) is 0 Å². The summed E-state index contributed by atoms with van der Waals surface area (Å²) in [6.07, 6.45) is 0.594. The van der Waals surface area contributed by atoms with Gasteiger partial charge in [0.2, 0.25) is 0 Å². The Labute approximate surface area is 154 Å². The molecule has 9 nitrogen and oxygen atoms in total. The molecular formula is C18H16N4O5. The van der Waals surface area contributed by atoms with Crippen molar-refractivity contribution in [3.63, 3.8) is 0 Å². The standard InChI is InChI=1S/C18H16N4O5/c1-11-9-14(19-27-11)18(26)22-8-4-7-21(22)15(23)10-20-16(24)12-5-2-3-6-13(12)17(20)25/h2-3,5-6,9H,4,7-8,10H2,1H3. The normalized spacial score (nSPS) is 16.3. The molecule has 0 unspecified atom stereocenters. The minimum absolute atomic E-state index is 0.105. The first-order valence-corrected chi connectivity index (χ1v) is 8.48. The summed E-state index contributed by atoms with van der Waals surface area (Å²) in [4.78, 5) is 51.1. The molecule has 0 N–H and O–H groups in total. The Morgan fingerprint density at radius 2 is 1.70 bits per heavy atom. The quantitative estimate of drug-likeness (QED) is 0.745. The van der Waals surface area contributed by atoms with Crippen LogP contribution in [-0.4, -0.2) is 63.3 Å². The van der Waals surface area contributed by atoms with E-state index >= 15 is 0 Å². The summed E-state index contributed by atoms with van der Waals surface area (Å²) in [5.74, 6) is -1.49. The van der Waals surface area contributed by atoms with Gasteiger partial charge in [0.05, 0.1) is 11.1 Å². The van der Waals surface area contributed by atoms with E-state index in [0.717, 1.165) is 4.90 Å². The van der Waals surface area contributed by atoms with Crippen molar-refractivity contribution in [2.75, 3.05) is 19.6 Å². The Kier molecular flexibility index (Phi) is 3.98. The maximum atomic E-state index is 12.7. The molecule has 0 aliphatic carbocycles. The van der Waals surface area contributed by atoms with E-state index in [9.17, 15) is 19.2 Å². The summed E-state index contributed by atoms with van der Waals surface area (Å²) >= 11 is 0. The Morgan fingerprint density at radius 3 is 2.30 bits per heavy atom. The number of rotatable bonds is 3. The van der Waals surface area contributed by atoms with Gasteiger partial charge in [0.15, 0.2) is 5.69 Å². The molecule has 27 heavy (non-hydrogen) atoms. The largest absolute Gasteiger partial charge is 0.361 e. The predicted molar refractivity (Wildman–Crippen MR) is 90.4 cm³/mol. The van der Waals surface area contributed by atoms with Crippen molar-refractivity contribution < 1.29 is 23.7 Å². The van der Waals surface area contributed by atoms with Crippen LogP contribution in [0.2, 0.25) is 0 Å². The molecule has 2 aliphatic heterocycles. The van der Waals surface area contributed by atoms with Crippen LogP contribution >= 0.6 is 0 Å². The molecule has 1 aromatic carbocycles. The third-order valence-electron chi connectivity index (χ3n) is 4.57. The average Bonchev–Trinajstić information content (AvgIpc) is 3.37. The summed E-state index contributed by atoms with van der Waals surface area (Å²) in [5.41, 5.74) is 0.665. The molecule has 3 heterocycles. The second-order valence-corrected chi connectivity index (χ2v) is 6.36. The lowest BCUT2D eigenvalue weighted by Gasteiger charge is -2.28. The van der Waals surface area contributed by atoms with Crippen LogP contribution in [0.3, 0.4) is 0 Å². The Hall–Kier alpha value is -3.49. The van der Waals surface area contributed by atoms with Gasteiger partial charge in [0, 0.05) is 19.2 Å². The van der Waals surface area contributed by atoms with Gasteiger partial charge in [0.25, 0.3) is 23.6 Å². The van der Waals surface area contributed by atoms with Crippen molar-refractivity contribution in [1.82, 2.24) is 20.1 Å². The lowest BCUT2D eigenvalue weighted by molar-refractivity contribution is -0.140. The Balaban J connectivity index is 1.50. The van der Waals surface area contributed by atoms with Gasteiger partial charge in [-0.2, -0.15) is 0 Å². The minimum atomic E-state index is -0.506. The van der Waals surface area contributed by atoms with Gasteiger partial charge in [-0.05, 0) is 25.5 Å². The highest BCUT2D eigenvalue weighted by molar-refractivity contribution is 6.22. The summed E-state index contributed by atoms with van der Waals surface area (Å²) < 4.78 is 4.91. The topological polar surface area (TPSA) is 104 Å². The van der Waals surface area contributed by atoms with Crippen molar-refractivity contribution in [3.8, 4) is 0 Å². The molecule has 0 saturated carbocycles. The predicted octanol–water partition coefficient (Wildman–Crippen LogP) is 0.869. The minimum Gasteiger partial charge on any atom is -0.361 e. The third-order valence-corrected chi connectivity index (χ3v) is 4.57. The highest BCUT2D eigenvalue weighted by Crippen LogP contribution is 2.23. The number of nitrogens with zero attached hydrogens (tertiary/aromatic N) is 4. The summed E-state index contributed by atoms with van der Waals surface area (Å²) in [6.45, 7) is 1.91. The number of carbonyl (C=O) groups is 4. The van der Waals surface area contributed by atoms with Crippen LogP contribution in [-0.2, 0) is 4.79 Å². The number of imide groups is 1. The fraction of sp³-hybridized carbons (Fsp3) is 0.278. The highest BCUT2D eigenvalue weighted by Gasteiger charge is 2.39. The number of amides is 4. The van der Waals surface area contributed by atoms with E-state index in [1.807, 2.05) is 0 Å². The van der Waals surface area contributed by atoms with Crippen LogP contribution in [0.25, 0.3) is 0 Å². The molecule has 4 amide bonds. The van der Waals surface area contributed by atoms with Crippen molar-refractivity contribution in [3.05, 3.63) is 52.9 Å². The van der Waals surface area contributed by atoms with Gasteiger partial charge in [-0.15, -0.1) is 0 Å². The fourth-order valence-corrected chi connectivity index (χ4v) is 3.28. The van der Waals surface area contributed by atoms with E-state index in [1.165, 1.54) is 16.1 Å². The molecule has 0 radical (unpaired) electrons. The zero-order valence-electron chi connectivity index (χ0n) is 14.5. The molecule has 4 rings (SSSR count). The first-order chi connectivity index (χ1) is 13.0. The molecule has 1 saturated heterocycles. The van der Waals surface area contributed by atoms with Gasteiger partial charge in [0.1, 0.15) is 12.3 Å². The van der Waals surface area contributed by atoms with E-state index in [0.29, 0.717) is 25.3 Å². The lowest BCUT2D eigenvalue weighted by atomic mass is 10.1. The molecule has 138 valence electrons. The van der Waals surface area contributed by atoms with E-state index in [-0.39, 0.29) is 16.8 Å². The molecule has 0 atom stereocenters. The molecule has 9 heteroatoms. The number of fused-ring (bicyclic) bond motifs is 1. The zero-order valence-corrected chi connectivity index (χ0v) is 14.5. The molecule has 1 aromatic heterocycles. The number of benzene rings is 1. The molecule has 2 aliphatic rings. The SMILES string of the molecule is Cc1cc(C(=O)N2CCCN2C(=O)CN2C(=O)c3ccccc3C2=O)no1. The zero-order chi connectivity index (χ0) is 19.1. The number of aromatic nitrogens is 1. The van der Waals surface area contributed by atoms with Gasteiger partial charge < -0.3 is 4.52 Å². The summed E-state index contributed by atoms with van der Waals surface area (Å²) in [7, 11) is 0. The van der Waals surface area contributed by atoms with Crippen molar-refractivity contribution in [2.24, 2.45) is 0 Å². The second-order valence-electron chi connectivity index (χ2n) is 6.36. The van der Waals surface area contributed by atoms with Crippen LogP contribution in [0.5, 0.6) is 0 Å². The first kappa shape index (κ1) is 17.0. The maximum Gasteiger partial charge on any atom is 0.294 e. The van der Waals surface area contributed by atoms with Crippen LogP contribution in [0, 0.1) is 6.92 Å². The first-order valence-electron chi connectivity index (χ1n) is 8.48. The smallest absolute Gasteiger partial charge is 0.294 e. The Morgan fingerprint density at radius 1 is 1.07 bits per heavy atom. The van der Waals surface area contributed by atoms with Gasteiger partial charge in [-0.3, -0.25) is 24.1 Å². The monoisotopic (exact) mass is 368 g/mol. The van der Waals surface area contributed by atoms with Crippen LogP contribution in [0.1, 0.15) is 43.4 Å². The number of carbonyl (C=O) groups excluding carboxylic acids is 4. The molecule has 2 aromatic rings. The lowest BCUT2D eigenvalue weighted by Crippen LogP contribution is -2.49. The summed E-state index contributed by atoms with van der Waals surface area (Å²) in [5, 5.41) is 6.22. The molecular weight excluding hydrogens is 352 g/mol. The third kappa shape index (κ3) is 2.77. The molecule has 0 bridgehead atoms. The van der Waals surface area contributed by atoms with Crippen molar-refractivity contribution in [1.29, 1.82) is 0 Å². The van der Waals surface area contributed by atoms with Gasteiger partial charge >= 0.3 is 0 Å². The van der Waals surface area contributed by atoms with Crippen molar-refractivity contribution in [2.45, 2.75) is 13.3 Å². The fourth-order valence-electron chi connectivity index (χ4n) is 3.28. The van der Waals surface area contributed by atoms with Crippen LogP contribution in [0.15, 0.2) is 34.9 Å². The van der Waals surface area contributed by atoms with Crippen LogP contribution < -0.4 is 0 Å². The second kappa shape index (κ2) is 6.35. The maximum absolute atomic E-state index is 12.7. The number of hydrazine groups is 1. The van der Waals surface area contributed by atoms with Crippen molar-refractivity contribution >= 4 is 23.6 Å². The van der Waals surface area contributed by atoms with E-state index < -0.39 is 30.2 Å². The number of hydrogen-bond donors (Lipinski definition) is 0. The van der Waals surface area contributed by atoms with E-state index in [4.69, 9.17) is 4.52 Å². The number of aryl methyl sites for hydroxylation is 1. The molecule has 1 fully saturated rings.